The van der Waals surface area contributed by atoms with Gasteiger partial charge in [-0.15, -0.1) is 0 Å². The topological polar surface area (TPSA) is 71.2 Å². The SMILES string of the molecule is CN(C)c1nc(N)nc(N(C)CC2CC3CCC2C3)n1. The molecular formula is C14H24N6. The number of hydrogen-bond donors (Lipinski definition) is 1. The zero-order chi connectivity index (χ0) is 14.3. The molecule has 6 nitrogen and oxygen atoms in total. The van der Waals surface area contributed by atoms with Crippen molar-refractivity contribution in [2.24, 2.45) is 17.8 Å². The molecule has 2 aliphatic carbocycles. The summed E-state index contributed by atoms with van der Waals surface area (Å²) in [6.45, 7) is 1.03. The second-order valence-corrected chi connectivity index (χ2v) is 6.50. The number of hydrogen-bond acceptors (Lipinski definition) is 6. The molecule has 2 fully saturated rings. The molecule has 0 aromatic carbocycles. The van der Waals surface area contributed by atoms with Crippen molar-refractivity contribution in [2.45, 2.75) is 25.7 Å². The second kappa shape index (κ2) is 5.07. The maximum absolute atomic E-state index is 5.79. The smallest absolute Gasteiger partial charge is 0.231 e. The van der Waals surface area contributed by atoms with Crippen molar-refractivity contribution in [2.75, 3.05) is 43.2 Å². The van der Waals surface area contributed by atoms with Gasteiger partial charge in [-0.2, -0.15) is 15.0 Å². The van der Waals surface area contributed by atoms with E-state index in [0.29, 0.717) is 17.8 Å². The Hall–Kier alpha value is -1.59. The third kappa shape index (κ3) is 2.51. The highest BCUT2D eigenvalue weighted by Crippen LogP contribution is 2.48. The molecule has 0 saturated heterocycles. The van der Waals surface area contributed by atoms with Crippen molar-refractivity contribution in [1.29, 1.82) is 0 Å². The van der Waals surface area contributed by atoms with Crippen LogP contribution in [0.4, 0.5) is 17.8 Å². The zero-order valence-electron chi connectivity index (χ0n) is 12.6. The highest BCUT2D eigenvalue weighted by Gasteiger charge is 2.39. The fourth-order valence-electron chi connectivity index (χ4n) is 3.77. The standard InChI is InChI=1S/C14H24N6/c1-19(2)13-16-12(15)17-14(18-13)20(3)8-11-7-9-4-5-10(11)6-9/h9-11H,4-8H2,1-3H3,(H2,15,16,17,18). The van der Waals surface area contributed by atoms with E-state index in [-0.39, 0.29) is 0 Å². The van der Waals surface area contributed by atoms with Crippen molar-refractivity contribution in [3.8, 4) is 0 Å². The Labute approximate surface area is 120 Å². The first-order chi connectivity index (χ1) is 9.52. The summed E-state index contributed by atoms with van der Waals surface area (Å²) in [7, 11) is 5.88. The second-order valence-electron chi connectivity index (χ2n) is 6.50. The summed E-state index contributed by atoms with van der Waals surface area (Å²) in [6.07, 6.45) is 5.65. The van der Waals surface area contributed by atoms with E-state index in [9.17, 15) is 0 Å². The van der Waals surface area contributed by atoms with Gasteiger partial charge in [0, 0.05) is 27.7 Å². The summed E-state index contributed by atoms with van der Waals surface area (Å²) >= 11 is 0. The van der Waals surface area contributed by atoms with Crippen molar-refractivity contribution >= 4 is 17.8 Å². The van der Waals surface area contributed by atoms with Crippen molar-refractivity contribution < 1.29 is 0 Å². The number of rotatable bonds is 4. The van der Waals surface area contributed by atoms with Gasteiger partial charge >= 0.3 is 0 Å². The Morgan fingerprint density at radius 3 is 2.40 bits per heavy atom. The molecule has 1 aromatic heterocycles. The third-order valence-corrected chi connectivity index (χ3v) is 4.76. The van der Waals surface area contributed by atoms with Gasteiger partial charge in [0.2, 0.25) is 17.8 Å². The first-order valence-electron chi connectivity index (χ1n) is 7.43. The molecule has 1 heterocycles. The summed E-state index contributed by atoms with van der Waals surface area (Å²) in [5.41, 5.74) is 5.79. The van der Waals surface area contributed by atoms with Gasteiger partial charge in [0.1, 0.15) is 0 Å². The molecule has 3 unspecified atom stereocenters. The minimum atomic E-state index is 0.290. The van der Waals surface area contributed by atoms with Gasteiger partial charge in [0.15, 0.2) is 0 Å². The molecular weight excluding hydrogens is 252 g/mol. The molecule has 0 amide bonds. The van der Waals surface area contributed by atoms with Gasteiger partial charge < -0.3 is 15.5 Å². The predicted molar refractivity (Wildman–Crippen MR) is 80.8 cm³/mol. The minimum absolute atomic E-state index is 0.290. The van der Waals surface area contributed by atoms with E-state index in [2.05, 4.69) is 26.9 Å². The van der Waals surface area contributed by atoms with Crippen LogP contribution in [0.15, 0.2) is 0 Å². The Morgan fingerprint density at radius 2 is 1.80 bits per heavy atom. The maximum Gasteiger partial charge on any atom is 0.231 e. The van der Waals surface area contributed by atoms with Gasteiger partial charge in [-0.05, 0) is 37.0 Å². The van der Waals surface area contributed by atoms with Crippen LogP contribution in [-0.4, -0.2) is 42.6 Å². The highest BCUT2D eigenvalue weighted by atomic mass is 15.3. The largest absolute Gasteiger partial charge is 0.368 e. The lowest BCUT2D eigenvalue weighted by Crippen LogP contribution is -2.30. The number of nitrogens with two attached hydrogens (primary N) is 1. The lowest BCUT2D eigenvalue weighted by molar-refractivity contribution is 0.336. The fraction of sp³-hybridized carbons (Fsp3) is 0.786. The van der Waals surface area contributed by atoms with Crippen molar-refractivity contribution in [1.82, 2.24) is 15.0 Å². The molecule has 2 bridgehead atoms. The summed E-state index contributed by atoms with van der Waals surface area (Å²) in [6, 6.07) is 0. The number of fused-ring (bicyclic) bond motifs is 2. The third-order valence-electron chi connectivity index (χ3n) is 4.76. The maximum atomic E-state index is 5.79. The number of nitrogens with zero attached hydrogens (tertiary/aromatic N) is 5. The summed E-state index contributed by atoms with van der Waals surface area (Å²) in [5, 5.41) is 0. The first-order valence-corrected chi connectivity index (χ1v) is 7.43. The van der Waals surface area contributed by atoms with Gasteiger partial charge in [-0.25, -0.2) is 0 Å². The van der Waals surface area contributed by atoms with E-state index < -0.39 is 0 Å². The average molecular weight is 276 g/mol. The lowest BCUT2D eigenvalue weighted by atomic mass is 9.88. The Bertz CT molecular complexity index is 489. The molecule has 0 aliphatic heterocycles. The molecule has 6 heteroatoms. The van der Waals surface area contributed by atoms with E-state index in [0.717, 1.165) is 24.3 Å². The van der Waals surface area contributed by atoms with E-state index >= 15 is 0 Å². The Balaban J connectivity index is 1.72. The van der Waals surface area contributed by atoms with Gasteiger partial charge in [0.25, 0.3) is 0 Å². The number of anilines is 3. The van der Waals surface area contributed by atoms with Gasteiger partial charge in [0.05, 0.1) is 0 Å². The summed E-state index contributed by atoms with van der Waals surface area (Å²) < 4.78 is 0. The number of aromatic nitrogens is 3. The number of nitrogen functional groups attached to an aromatic ring is 1. The first kappa shape index (κ1) is 13.4. The van der Waals surface area contributed by atoms with Crippen LogP contribution >= 0.6 is 0 Å². The molecule has 2 saturated carbocycles. The van der Waals surface area contributed by atoms with Crippen molar-refractivity contribution in [3.63, 3.8) is 0 Å². The van der Waals surface area contributed by atoms with Gasteiger partial charge in [-0.1, -0.05) is 6.42 Å². The van der Waals surface area contributed by atoms with E-state index in [1.54, 1.807) is 0 Å². The molecule has 1 aromatic rings. The predicted octanol–water partition coefficient (Wildman–Crippen LogP) is 1.39. The van der Waals surface area contributed by atoms with Crippen LogP contribution in [0.1, 0.15) is 25.7 Å². The quantitative estimate of drug-likeness (QED) is 0.896. The van der Waals surface area contributed by atoms with Crippen LogP contribution in [0.5, 0.6) is 0 Å². The van der Waals surface area contributed by atoms with E-state index in [4.69, 9.17) is 5.73 Å². The zero-order valence-corrected chi connectivity index (χ0v) is 12.6. The Morgan fingerprint density at radius 1 is 1.05 bits per heavy atom. The van der Waals surface area contributed by atoms with Crippen LogP contribution in [0.3, 0.4) is 0 Å². The highest BCUT2D eigenvalue weighted by molar-refractivity contribution is 5.42. The molecule has 110 valence electrons. The van der Waals surface area contributed by atoms with E-state index in [1.807, 2.05) is 19.0 Å². The molecule has 0 radical (unpaired) electrons. The molecule has 0 spiro atoms. The van der Waals surface area contributed by atoms with E-state index in [1.165, 1.54) is 25.7 Å². The van der Waals surface area contributed by atoms with Crippen LogP contribution in [0, 0.1) is 17.8 Å². The van der Waals surface area contributed by atoms with Crippen LogP contribution < -0.4 is 15.5 Å². The summed E-state index contributed by atoms with van der Waals surface area (Å²) in [4.78, 5) is 16.9. The minimum Gasteiger partial charge on any atom is -0.368 e. The summed E-state index contributed by atoms with van der Waals surface area (Å²) in [5.74, 6) is 4.27. The van der Waals surface area contributed by atoms with Crippen LogP contribution in [-0.2, 0) is 0 Å². The monoisotopic (exact) mass is 276 g/mol. The molecule has 2 aliphatic rings. The fourth-order valence-corrected chi connectivity index (χ4v) is 3.77. The molecule has 2 N–H and O–H groups in total. The molecule has 20 heavy (non-hydrogen) atoms. The normalized spacial score (nSPS) is 27.9. The lowest BCUT2D eigenvalue weighted by Gasteiger charge is -2.27. The average Bonchev–Trinajstić information content (AvgIpc) is 3.00. The van der Waals surface area contributed by atoms with Crippen LogP contribution in [0.25, 0.3) is 0 Å². The van der Waals surface area contributed by atoms with Crippen molar-refractivity contribution in [3.05, 3.63) is 0 Å². The molecule has 3 atom stereocenters. The molecule has 3 rings (SSSR count). The Kier molecular flexibility index (Phi) is 3.40. The van der Waals surface area contributed by atoms with Gasteiger partial charge in [-0.3, -0.25) is 0 Å². The van der Waals surface area contributed by atoms with Crippen LogP contribution in [0.2, 0.25) is 0 Å².